The Morgan fingerprint density at radius 2 is 1.80 bits per heavy atom. The number of nitrogens with zero attached hydrogens (tertiary/aromatic N) is 2. The van der Waals surface area contributed by atoms with E-state index in [1.165, 1.54) is 6.42 Å². The Kier molecular flexibility index (Phi) is 7.70. The largest absolute Gasteiger partial charge is 0.497 e. The van der Waals surface area contributed by atoms with Gasteiger partial charge in [-0.1, -0.05) is 13.3 Å². The summed E-state index contributed by atoms with van der Waals surface area (Å²) in [5.74, 6) is 2.57. The number of aliphatic imine (C=N–C) groups is 1. The molecule has 2 N–H and O–H groups in total. The third-order valence-corrected chi connectivity index (χ3v) is 4.58. The quantitative estimate of drug-likeness (QED) is 0.451. The molecular weight excluding hydrogens is 316 g/mol. The minimum absolute atomic E-state index is 0.455. The smallest absolute Gasteiger partial charge is 0.191 e. The Balaban J connectivity index is 1.89. The van der Waals surface area contributed by atoms with Crippen molar-refractivity contribution in [3.8, 4) is 11.5 Å². The molecule has 1 heterocycles. The molecule has 0 spiro atoms. The maximum absolute atomic E-state index is 5.38. The normalized spacial score (nSPS) is 15.8. The van der Waals surface area contributed by atoms with Gasteiger partial charge in [0, 0.05) is 56.6 Å². The van der Waals surface area contributed by atoms with E-state index < -0.39 is 0 Å². The monoisotopic (exact) mass is 348 g/mol. The van der Waals surface area contributed by atoms with Crippen LogP contribution in [0.5, 0.6) is 11.5 Å². The molecule has 0 saturated carbocycles. The number of unbranched alkanes of at least 4 members (excludes halogenated alkanes) is 1. The number of benzene rings is 1. The lowest BCUT2D eigenvalue weighted by atomic mass is 10.0. The Morgan fingerprint density at radius 3 is 2.32 bits per heavy atom. The Labute approximate surface area is 151 Å². The van der Waals surface area contributed by atoms with E-state index in [0.717, 1.165) is 62.0 Å². The number of piperidine rings is 1. The summed E-state index contributed by atoms with van der Waals surface area (Å²) in [6.07, 6.45) is 4.51. The highest BCUT2D eigenvalue weighted by Gasteiger charge is 2.21. The first kappa shape index (κ1) is 19.2. The van der Waals surface area contributed by atoms with Crippen LogP contribution >= 0.6 is 0 Å². The highest BCUT2D eigenvalue weighted by molar-refractivity contribution is 5.80. The maximum atomic E-state index is 5.38. The highest BCUT2D eigenvalue weighted by atomic mass is 16.5. The Morgan fingerprint density at radius 1 is 1.16 bits per heavy atom. The number of methoxy groups -OCH3 is 2. The van der Waals surface area contributed by atoms with Gasteiger partial charge in [-0.15, -0.1) is 0 Å². The molecule has 1 aliphatic heterocycles. The minimum atomic E-state index is 0.455. The van der Waals surface area contributed by atoms with Crippen molar-refractivity contribution in [3.05, 3.63) is 18.2 Å². The second-order valence-electron chi connectivity index (χ2n) is 6.33. The van der Waals surface area contributed by atoms with Crippen LogP contribution in [-0.4, -0.2) is 52.9 Å². The third-order valence-electron chi connectivity index (χ3n) is 4.58. The van der Waals surface area contributed by atoms with Crippen molar-refractivity contribution in [2.24, 2.45) is 4.99 Å². The average Bonchev–Trinajstić information content (AvgIpc) is 2.67. The molecule has 0 bridgehead atoms. The summed E-state index contributed by atoms with van der Waals surface area (Å²) < 4.78 is 10.8. The summed E-state index contributed by atoms with van der Waals surface area (Å²) in [4.78, 5) is 6.71. The standard InChI is InChI=1S/C19H32N4O2/c1-5-6-9-21-19(20-2)22-15-7-10-23(11-8-15)16-12-17(24-3)14-18(13-16)25-4/h12-15H,5-11H2,1-4H3,(H2,20,21,22). The topological polar surface area (TPSA) is 58.1 Å². The van der Waals surface area contributed by atoms with E-state index in [0.29, 0.717) is 6.04 Å². The molecule has 0 aliphatic carbocycles. The minimum Gasteiger partial charge on any atom is -0.497 e. The summed E-state index contributed by atoms with van der Waals surface area (Å²) >= 11 is 0. The van der Waals surface area contributed by atoms with Crippen LogP contribution in [0.3, 0.4) is 0 Å². The van der Waals surface area contributed by atoms with Gasteiger partial charge in [-0.05, 0) is 19.3 Å². The molecule has 25 heavy (non-hydrogen) atoms. The molecule has 1 aliphatic rings. The van der Waals surface area contributed by atoms with Gasteiger partial charge in [0.05, 0.1) is 14.2 Å². The molecule has 1 aromatic rings. The maximum Gasteiger partial charge on any atom is 0.191 e. The lowest BCUT2D eigenvalue weighted by Crippen LogP contribution is -2.48. The number of guanidine groups is 1. The van der Waals surface area contributed by atoms with E-state index in [1.54, 1.807) is 14.2 Å². The fourth-order valence-electron chi connectivity index (χ4n) is 3.03. The van der Waals surface area contributed by atoms with Gasteiger partial charge in [-0.2, -0.15) is 0 Å². The van der Waals surface area contributed by atoms with Gasteiger partial charge in [0.25, 0.3) is 0 Å². The van der Waals surface area contributed by atoms with Crippen molar-refractivity contribution in [3.63, 3.8) is 0 Å². The second-order valence-corrected chi connectivity index (χ2v) is 6.33. The summed E-state index contributed by atoms with van der Waals surface area (Å²) in [6, 6.07) is 6.50. The van der Waals surface area contributed by atoms with E-state index >= 15 is 0 Å². The van der Waals surface area contributed by atoms with E-state index in [9.17, 15) is 0 Å². The fourth-order valence-corrected chi connectivity index (χ4v) is 3.03. The lowest BCUT2D eigenvalue weighted by Gasteiger charge is -2.34. The number of hydrogen-bond donors (Lipinski definition) is 2. The van der Waals surface area contributed by atoms with Crippen molar-refractivity contribution in [1.82, 2.24) is 10.6 Å². The molecule has 0 atom stereocenters. The number of nitrogens with one attached hydrogen (secondary N) is 2. The van der Waals surface area contributed by atoms with Gasteiger partial charge in [0.15, 0.2) is 5.96 Å². The zero-order chi connectivity index (χ0) is 18.1. The van der Waals surface area contributed by atoms with Crippen molar-refractivity contribution >= 4 is 11.6 Å². The summed E-state index contributed by atoms with van der Waals surface area (Å²) in [7, 11) is 5.21. The molecule has 1 fully saturated rings. The van der Waals surface area contributed by atoms with E-state index in [2.05, 4.69) is 39.6 Å². The molecule has 1 saturated heterocycles. The predicted molar refractivity (Wildman–Crippen MR) is 104 cm³/mol. The fraction of sp³-hybridized carbons (Fsp3) is 0.632. The number of rotatable bonds is 7. The number of ether oxygens (including phenoxy) is 2. The Bertz CT molecular complexity index is 532. The zero-order valence-corrected chi connectivity index (χ0v) is 16.0. The first-order valence-corrected chi connectivity index (χ1v) is 9.15. The molecule has 0 amide bonds. The second kappa shape index (κ2) is 10.0. The van der Waals surface area contributed by atoms with Gasteiger partial charge >= 0.3 is 0 Å². The molecule has 0 unspecified atom stereocenters. The van der Waals surface area contributed by atoms with E-state index in [-0.39, 0.29) is 0 Å². The van der Waals surface area contributed by atoms with E-state index in [1.807, 2.05) is 13.1 Å². The summed E-state index contributed by atoms with van der Waals surface area (Å²) in [6.45, 7) is 5.17. The van der Waals surface area contributed by atoms with Crippen LogP contribution in [0.2, 0.25) is 0 Å². The van der Waals surface area contributed by atoms with Crippen LogP contribution in [0.1, 0.15) is 32.6 Å². The lowest BCUT2D eigenvalue weighted by molar-refractivity contribution is 0.393. The van der Waals surface area contributed by atoms with E-state index in [4.69, 9.17) is 9.47 Å². The zero-order valence-electron chi connectivity index (χ0n) is 16.0. The number of anilines is 1. The summed E-state index contributed by atoms with van der Waals surface area (Å²) in [5.41, 5.74) is 1.15. The summed E-state index contributed by atoms with van der Waals surface area (Å²) in [5, 5.41) is 6.93. The van der Waals surface area contributed by atoms with Crippen molar-refractivity contribution in [2.45, 2.75) is 38.6 Å². The SMILES string of the molecule is CCCCNC(=NC)NC1CCN(c2cc(OC)cc(OC)c2)CC1. The van der Waals surface area contributed by atoms with Crippen molar-refractivity contribution < 1.29 is 9.47 Å². The molecule has 6 heteroatoms. The van der Waals surface area contributed by atoms with Gasteiger partial charge < -0.3 is 25.0 Å². The molecule has 0 radical (unpaired) electrons. The van der Waals surface area contributed by atoms with Crippen LogP contribution in [0.4, 0.5) is 5.69 Å². The third kappa shape index (κ3) is 5.73. The number of hydrogen-bond acceptors (Lipinski definition) is 4. The Hall–Kier alpha value is -2.11. The predicted octanol–water partition coefficient (Wildman–Crippen LogP) is 2.64. The van der Waals surface area contributed by atoms with Gasteiger partial charge in [0.1, 0.15) is 11.5 Å². The van der Waals surface area contributed by atoms with Crippen LogP contribution in [0.15, 0.2) is 23.2 Å². The van der Waals surface area contributed by atoms with Crippen molar-refractivity contribution in [1.29, 1.82) is 0 Å². The van der Waals surface area contributed by atoms with Gasteiger partial charge in [-0.3, -0.25) is 4.99 Å². The average molecular weight is 348 g/mol. The van der Waals surface area contributed by atoms with Crippen LogP contribution < -0.4 is 25.0 Å². The molecule has 140 valence electrons. The molecular formula is C19H32N4O2. The first-order chi connectivity index (χ1) is 12.2. The van der Waals surface area contributed by atoms with Crippen LogP contribution in [-0.2, 0) is 0 Å². The molecule has 1 aromatic carbocycles. The molecule has 6 nitrogen and oxygen atoms in total. The van der Waals surface area contributed by atoms with Crippen LogP contribution in [0.25, 0.3) is 0 Å². The van der Waals surface area contributed by atoms with Crippen molar-refractivity contribution in [2.75, 3.05) is 45.8 Å². The van der Waals surface area contributed by atoms with Gasteiger partial charge in [0.2, 0.25) is 0 Å². The molecule has 2 rings (SSSR count). The molecule has 0 aromatic heterocycles. The van der Waals surface area contributed by atoms with Crippen LogP contribution in [0, 0.1) is 0 Å². The highest BCUT2D eigenvalue weighted by Crippen LogP contribution is 2.30. The van der Waals surface area contributed by atoms with Gasteiger partial charge in [-0.25, -0.2) is 0 Å². The first-order valence-electron chi connectivity index (χ1n) is 9.15.